The third kappa shape index (κ3) is 3.41. The number of carbonyl (C=O) groups is 1. The largest absolute Gasteiger partial charge is 0.435 e. The number of carbonyl (C=O) groups excluding carboxylic acids is 1. The van der Waals surface area contributed by atoms with Gasteiger partial charge >= 0.3 is 6.61 Å². The van der Waals surface area contributed by atoms with Crippen LogP contribution in [-0.2, 0) is 0 Å². The lowest BCUT2D eigenvalue weighted by Crippen LogP contribution is -2.06. The molecule has 0 unspecified atom stereocenters. The van der Waals surface area contributed by atoms with Gasteiger partial charge in [-0.2, -0.15) is 8.78 Å². The number of rotatable bonds is 5. The van der Waals surface area contributed by atoms with Crippen LogP contribution in [0.15, 0.2) is 18.2 Å². The van der Waals surface area contributed by atoms with E-state index < -0.39 is 18.2 Å². The summed E-state index contributed by atoms with van der Waals surface area (Å²) in [5.41, 5.74) is -0.293. The van der Waals surface area contributed by atoms with Crippen LogP contribution in [-0.4, -0.2) is 18.3 Å². The van der Waals surface area contributed by atoms with E-state index in [9.17, 15) is 18.0 Å². The molecule has 2 nitrogen and oxygen atoms in total. The van der Waals surface area contributed by atoms with E-state index in [1.54, 1.807) is 0 Å². The topological polar surface area (TPSA) is 26.3 Å². The second kappa shape index (κ2) is 5.75. The van der Waals surface area contributed by atoms with Gasteiger partial charge in [0.2, 0.25) is 0 Å². The Bertz CT molecular complexity index is 382. The summed E-state index contributed by atoms with van der Waals surface area (Å²) in [7, 11) is 0. The molecule has 1 aromatic carbocycles. The summed E-state index contributed by atoms with van der Waals surface area (Å²) in [6.07, 6.45) is -0.0589. The van der Waals surface area contributed by atoms with E-state index in [0.29, 0.717) is 0 Å². The maximum absolute atomic E-state index is 13.2. The zero-order valence-electron chi connectivity index (χ0n) is 8.05. The summed E-state index contributed by atoms with van der Waals surface area (Å²) in [4.78, 5) is 11.3. The summed E-state index contributed by atoms with van der Waals surface area (Å²) >= 11 is 5.33. The highest BCUT2D eigenvalue weighted by Crippen LogP contribution is 2.20. The lowest BCUT2D eigenvalue weighted by Gasteiger charge is -2.06. The number of hydrogen-bond donors (Lipinski definition) is 0. The van der Waals surface area contributed by atoms with Gasteiger partial charge in [-0.15, -0.1) is 11.6 Å². The molecular formula is C10H8ClF3O2. The quantitative estimate of drug-likeness (QED) is 0.594. The van der Waals surface area contributed by atoms with Gasteiger partial charge in [0, 0.05) is 12.3 Å². The van der Waals surface area contributed by atoms with Crippen LogP contribution < -0.4 is 4.74 Å². The average Bonchev–Trinajstić information content (AvgIpc) is 2.20. The van der Waals surface area contributed by atoms with Gasteiger partial charge in [0.25, 0.3) is 0 Å². The lowest BCUT2D eigenvalue weighted by molar-refractivity contribution is -0.0499. The summed E-state index contributed by atoms with van der Waals surface area (Å²) < 4.78 is 41.0. The van der Waals surface area contributed by atoms with Crippen molar-refractivity contribution < 1.29 is 22.7 Å². The molecule has 0 aliphatic carbocycles. The Balaban J connectivity index is 2.94. The van der Waals surface area contributed by atoms with Crippen molar-refractivity contribution >= 4 is 17.4 Å². The molecule has 0 aliphatic heterocycles. The molecule has 0 radical (unpaired) electrons. The maximum atomic E-state index is 13.2. The first-order chi connectivity index (χ1) is 7.54. The zero-order valence-corrected chi connectivity index (χ0v) is 8.81. The van der Waals surface area contributed by atoms with Gasteiger partial charge in [-0.05, 0) is 18.2 Å². The second-order valence-electron chi connectivity index (χ2n) is 2.88. The van der Waals surface area contributed by atoms with Gasteiger partial charge < -0.3 is 4.74 Å². The summed E-state index contributed by atoms with van der Waals surface area (Å²) in [5, 5.41) is 0. The minimum Gasteiger partial charge on any atom is -0.435 e. The third-order valence-electron chi connectivity index (χ3n) is 1.78. The number of Topliss-reactive ketones (excluding diaryl/α,β-unsaturated/α-hetero) is 1. The smallest absolute Gasteiger partial charge is 0.387 e. The molecule has 1 rings (SSSR count). The number of benzene rings is 1. The van der Waals surface area contributed by atoms with Gasteiger partial charge in [-0.3, -0.25) is 4.79 Å². The van der Waals surface area contributed by atoms with Crippen molar-refractivity contribution in [3.63, 3.8) is 0 Å². The predicted octanol–water partition coefficient (Wildman–Crippen LogP) is 3.24. The van der Waals surface area contributed by atoms with E-state index >= 15 is 0 Å². The van der Waals surface area contributed by atoms with Gasteiger partial charge in [0.05, 0.1) is 5.56 Å². The van der Waals surface area contributed by atoms with E-state index in [0.717, 1.165) is 18.2 Å². The molecular weight excluding hydrogens is 245 g/mol. The van der Waals surface area contributed by atoms with Gasteiger partial charge in [0.15, 0.2) is 5.78 Å². The molecule has 0 atom stereocenters. The van der Waals surface area contributed by atoms with E-state index in [4.69, 9.17) is 11.6 Å². The standard InChI is InChI=1S/C10H8ClF3O2/c11-4-3-9(15)7-5-6(16-10(13)14)1-2-8(7)12/h1-2,5,10H,3-4H2. The van der Waals surface area contributed by atoms with Crippen molar-refractivity contribution in [1.29, 1.82) is 0 Å². The minimum atomic E-state index is -3.01. The van der Waals surface area contributed by atoms with E-state index in [2.05, 4.69) is 4.74 Å². The first-order valence-corrected chi connectivity index (χ1v) is 4.91. The van der Waals surface area contributed by atoms with Crippen molar-refractivity contribution in [2.75, 3.05) is 5.88 Å². The monoisotopic (exact) mass is 252 g/mol. The molecule has 0 amide bonds. The van der Waals surface area contributed by atoms with Crippen molar-refractivity contribution in [3.05, 3.63) is 29.6 Å². The Morgan fingerprint density at radius 1 is 1.44 bits per heavy atom. The number of alkyl halides is 3. The number of ketones is 1. The second-order valence-corrected chi connectivity index (χ2v) is 3.26. The zero-order chi connectivity index (χ0) is 12.1. The molecule has 0 saturated carbocycles. The lowest BCUT2D eigenvalue weighted by atomic mass is 10.1. The van der Waals surface area contributed by atoms with Crippen LogP contribution >= 0.6 is 11.6 Å². The highest BCUT2D eigenvalue weighted by Gasteiger charge is 2.14. The number of halogens is 4. The first kappa shape index (κ1) is 12.8. The van der Waals surface area contributed by atoms with Crippen molar-refractivity contribution in [2.45, 2.75) is 13.0 Å². The molecule has 0 spiro atoms. The molecule has 0 fully saturated rings. The van der Waals surface area contributed by atoms with Gasteiger partial charge in [-0.25, -0.2) is 4.39 Å². The van der Waals surface area contributed by atoms with E-state index in [1.165, 1.54) is 0 Å². The van der Waals surface area contributed by atoms with Crippen LogP contribution in [0.3, 0.4) is 0 Å². The molecule has 1 aromatic rings. The molecule has 0 bridgehead atoms. The molecule has 0 aromatic heterocycles. The Morgan fingerprint density at radius 3 is 2.69 bits per heavy atom. The number of hydrogen-bond acceptors (Lipinski definition) is 2. The van der Waals surface area contributed by atoms with Crippen LogP contribution in [0.5, 0.6) is 5.75 Å². The Kier molecular flexibility index (Phi) is 4.61. The van der Waals surface area contributed by atoms with E-state index in [1.807, 2.05) is 0 Å². The maximum Gasteiger partial charge on any atom is 0.387 e. The predicted molar refractivity (Wildman–Crippen MR) is 52.7 cm³/mol. The number of ether oxygens (including phenoxy) is 1. The van der Waals surface area contributed by atoms with Gasteiger partial charge in [0.1, 0.15) is 11.6 Å². The van der Waals surface area contributed by atoms with Crippen LogP contribution in [0.25, 0.3) is 0 Å². The average molecular weight is 253 g/mol. The van der Waals surface area contributed by atoms with Crippen molar-refractivity contribution in [3.8, 4) is 5.75 Å². The fourth-order valence-corrected chi connectivity index (χ4v) is 1.29. The van der Waals surface area contributed by atoms with Gasteiger partial charge in [-0.1, -0.05) is 0 Å². The van der Waals surface area contributed by atoms with Crippen LogP contribution in [0.2, 0.25) is 0 Å². The third-order valence-corrected chi connectivity index (χ3v) is 1.97. The highest BCUT2D eigenvalue weighted by atomic mass is 35.5. The minimum absolute atomic E-state index is 0.0399. The molecule has 0 saturated heterocycles. The molecule has 16 heavy (non-hydrogen) atoms. The molecule has 0 aliphatic rings. The van der Waals surface area contributed by atoms with Crippen molar-refractivity contribution in [1.82, 2.24) is 0 Å². The molecule has 0 N–H and O–H groups in total. The molecule has 0 heterocycles. The highest BCUT2D eigenvalue weighted by molar-refractivity contribution is 6.19. The Morgan fingerprint density at radius 2 is 2.12 bits per heavy atom. The van der Waals surface area contributed by atoms with Crippen LogP contribution in [0.4, 0.5) is 13.2 Å². The van der Waals surface area contributed by atoms with Crippen LogP contribution in [0, 0.1) is 5.82 Å². The first-order valence-electron chi connectivity index (χ1n) is 4.38. The fourth-order valence-electron chi connectivity index (χ4n) is 1.11. The summed E-state index contributed by atoms with van der Waals surface area (Å²) in [6.45, 7) is -3.01. The Labute approximate surface area is 95.0 Å². The van der Waals surface area contributed by atoms with E-state index in [-0.39, 0.29) is 23.6 Å². The summed E-state index contributed by atoms with van der Waals surface area (Å²) in [6, 6.07) is 2.87. The molecule has 6 heteroatoms. The molecule has 88 valence electrons. The van der Waals surface area contributed by atoms with Crippen LogP contribution in [0.1, 0.15) is 16.8 Å². The SMILES string of the molecule is O=C(CCCl)c1cc(OC(F)F)ccc1F. The summed E-state index contributed by atoms with van der Waals surface area (Å²) in [5.74, 6) is -1.55. The Hall–Kier alpha value is -1.23. The fraction of sp³-hybridized carbons (Fsp3) is 0.300. The normalized spacial score (nSPS) is 10.6. The van der Waals surface area contributed by atoms with Crippen molar-refractivity contribution in [2.24, 2.45) is 0 Å².